The molecule has 3 heterocycles. The van der Waals surface area contributed by atoms with Gasteiger partial charge in [-0.2, -0.15) is 11.8 Å². The summed E-state index contributed by atoms with van der Waals surface area (Å²) in [6, 6.07) is 14.8. The van der Waals surface area contributed by atoms with Crippen molar-refractivity contribution in [1.82, 2.24) is 14.7 Å². The van der Waals surface area contributed by atoms with E-state index in [4.69, 9.17) is 0 Å². The third-order valence-corrected chi connectivity index (χ3v) is 8.15. The first-order valence-corrected chi connectivity index (χ1v) is 11.6. The highest BCUT2D eigenvalue weighted by Crippen LogP contribution is 2.38. The fourth-order valence-electron chi connectivity index (χ4n) is 5.12. The maximum atomic E-state index is 13.4. The molecule has 1 atom stereocenters. The molecule has 5 rings (SSSR count). The van der Waals surface area contributed by atoms with Crippen LogP contribution in [0.15, 0.2) is 42.5 Å². The molecule has 0 aliphatic carbocycles. The molecule has 0 radical (unpaired) electrons. The fraction of sp³-hybridized carbons (Fsp3) is 0.478. The predicted molar refractivity (Wildman–Crippen MR) is 117 cm³/mol. The second-order valence-corrected chi connectivity index (χ2v) is 9.65. The van der Waals surface area contributed by atoms with Crippen molar-refractivity contribution in [3.05, 3.63) is 48.0 Å². The number of hydrogen-bond acceptors (Lipinski definition) is 4. The van der Waals surface area contributed by atoms with Crippen molar-refractivity contribution in [3.8, 4) is 0 Å². The second kappa shape index (κ2) is 7.33. The Morgan fingerprint density at radius 2 is 1.83 bits per heavy atom. The highest BCUT2D eigenvalue weighted by molar-refractivity contribution is 7.99. The minimum atomic E-state index is -0.657. The van der Waals surface area contributed by atoms with E-state index < -0.39 is 5.54 Å². The van der Waals surface area contributed by atoms with E-state index in [9.17, 15) is 9.59 Å². The van der Waals surface area contributed by atoms with Gasteiger partial charge in [-0.15, -0.1) is 0 Å². The van der Waals surface area contributed by atoms with E-state index in [0.717, 1.165) is 36.9 Å². The number of imide groups is 1. The fourth-order valence-corrected chi connectivity index (χ4v) is 6.38. The van der Waals surface area contributed by atoms with E-state index in [1.165, 1.54) is 28.2 Å². The SMILES string of the molecule is CN1C(=O)N(Cc2ccc3ccccc3c2)C(=O)C12CCN(C1CCSC1)CC2. The van der Waals surface area contributed by atoms with Crippen LogP contribution in [0.2, 0.25) is 0 Å². The van der Waals surface area contributed by atoms with Gasteiger partial charge in [0, 0.05) is 31.9 Å². The monoisotopic (exact) mass is 409 g/mol. The van der Waals surface area contributed by atoms with E-state index in [1.807, 2.05) is 37.0 Å². The van der Waals surface area contributed by atoms with Gasteiger partial charge in [0.25, 0.3) is 5.91 Å². The lowest BCUT2D eigenvalue weighted by Gasteiger charge is -2.42. The zero-order chi connectivity index (χ0) is 20.0. The second-order valence-electron chi connectivity index (χ2n) is 8.50. The zero-order valence-corrected chi connectivity index (χ0v) is 17.7. The van der Waals surface area contributed by atoms with Crippen LogP contribution < -0.4 is 0 Å². The van der Waals surface area contributed by atoms with Crippen molar-refractivity contribution < 1.29 is 9.59 Å². The maximum absolute atomic E-state index is 13.4. The van der Waals surface area contributed by atoms with Crippen LogP contribution in [0.5, 0.6) is 0 Å². The maximum Gasteiger partial charge on any atom is 0.327 e. The molecule has 0 N–H and O–H groups in total. The molecule has 3 fully saturated rings. The summed E-state index contributed by atoms with van der Waals surface area (Å²) in [5, 5.41) is 2.30. The Labute approximate surface area is 176 Å². The van der Waals surface area contributed by atoms with Gasteiger partial charge < -0.3 is 4.90 Å². The Kier molecular flexibility index (Phi) is 4.79. The molecule has 3 aliphatic rings. The molecular weight excluding hydrogens is 382 g/mol. The molecule has 2 aromatic rings. The molecule has 6 heteroatoms. The van der Waals surface area contributed by atoms with Crippen molar-refractivity contribution >= 4 is 34.5 Å². The minimum absolute atomic E-state index is 0.0152. The topological polar surface area (TPSA) is 43.9 Å². The van der Waals surface area contributed by atoms with E-state index in [0.29, 0.717) is 12.6 Å². The number of carbonyl (C=O) groups excluding carboxylic acids is 2. The van der Waals surface area contributed by atoms with E-state index in [2.05, 4.69) is 29.2 Å². The summed E-state index contributed by atoms with van der Waals surface area (Å²) < 4.78 is 0. The first-order chi connectivity index (χ1) is 14.1. The van der Waals surface area contributed by atoms with Crippen molar-refractivity contribution in [2.24, 2.45) is 0 Å². The van der Waals surface area contributed by atoms with Crippen molar-refractivity contribution in [2.45, 2.75) is 37.4 Å². The summed E-state index contributed by atoms with van der Waals surface area (Å²) >= 11 is 2.02. The Bertz CT molecular complexity index is 948. The number of fused-ring (bicyclic) bond motifs is 1. The third kappa shape index (κ3) is 3.13. The van der Waals surface area contributed by atoms with Gasteiger partial charge in [-0.3, -0.25) is 14.6 Å². The number of urea groups is 1. The summed E-state index contributed by atoms with van der Waals surface area (Å²) in [5.41, 5.74) is 0.340. The van der Waals surface area contributed by atoms with Gasteiger partial charge in [-0.25, -0.2) is 4.79 Å². The third-order valence-electron chi connectivity index (χ3n) is 7.00. The normalized spacial score (nSPS) is 24.9. The zero-order valence-electron chi connectivity index (χ0n) is 16.8. The van der Waals surface area contributed by atoms with Crippen LogP contribution in [0, 0.1) is 0 Å². The number of amides is 3. The number of likely N-dealkylation sites (tertiary alicyclic amines) is 1. The summed E-state index contributed by atoms with van der Waals surface area (Å²) in [6.07, 6.45) is 2.72. The molecule has 152 valence electrons. The van der Waals surface area contributed by atoms with E-state index in [-0.39, 0.29) is 11.9 Å². The number of benzene rings is 2. The largest absolute Gasteiger partial charge is 0.327 e. The molecule has 1 unspecified atom stereocenters. The molecule has 3 aliphatic heterocycles. The molecule has 0 aromatic heterocycles. The first-order valence-electron chi connectivity index (χ1n) is 10.5. The first kappa shape index (κ1) is 18.9. The van der Waals surface area contributed by atoms with Crippen LogP contribution >= 0.6 is 11.8 Å². The molecule has 5 nitrogen and oxygen atoms in total. The van der Waals surface area contributed by atoms with Crippen LogP contribution in [-0.4, -0.2) is 69.9 Å². The number of thioether (sulfide) groups is 1. The lowest BCUT2D eigenvalue weighted by Crippen LogP contribution is -2.57. The number of nitrogens with zero attached hydrogens (tertiary/aromatic N) is 3. The summed E-state index contributed by atoms with van der Waals surface area (Å²) in [4.78, 5) is 32.2. The van der Waals surface area contributed by atoms with Crippen molar-refractivity contribution in [2.75, 3.05) is 31.6 Å². The number of carbonyl (C=O) groups is 2. The molecule has 2 aromatic carbocycles. The van der Waals surface area contributed by atoms with Crippen LogP contribution in [0.25, 0.3) is 10.8 Å². The van der Waals surface area contributed by atoms with Gasteiger partial charge in [-0.1, -0.05) is 36.4 Å². The van der Waals surface area contributed by atoms with Gasteiger partial charge in [0.05, 0.1) is 6.54 Å². The molecule has 0 saturated carbocycles. The molecular formula is C23H27N3O2S. The number of hydrogen-bond donors (Lipinski definition) is 0. The summed E-state index contributed by atoms with van der Waals surface area (Å²) in [5.74, 6) is 2.42. The summed E-state index contributed by atoms with van der Waals surface area (Å²) in [6.45, 7) is 2.15. The van der Waals surface area contributed by atoms with Crippen LogP contribution in [-0.2, 0) is 11.3 Å². The average molecular weight is 410 g/mol. The predicted octanol–water partition coefficient (Wildman–Crippen LogP) is 3.57. The van der Waals surface area contributed by atoms with E-state index >= 15 is 0 Å². The highest BCUT2D eigenvalue weighted by atomic mass is 32.2. The van der Waals surface area contributed by atoms with Crippen LogP contribution in [0.4, 0.5) is 4.79 Å². The molecule has 3 saturated heterocycles. The lowest BCUT2D eigenvalue weighted by atomic mass is 9.85. The standard InChI is InChI=1S/C23H27N3O2S/c1-24-22(28)26(15-17-6-7-18-4-2-3-5-19(18)14-17)21(27)23(24)9-11-25(12-10-23)20-8-13-29-16-20/h2-7,14,20H,8-13,15-16H2,1H3. The highest BCUT2D eigenvalue weighted by Gasteiger charge is 2.56. The number of likely N-dealkylation sites (N-methyl/N-ethyl adjacent to an activating group) is 1. The average Bonchev–Trinajstić information content (AvgIpc) is 3.35. The van der Waals surface area contributed by atoms with E-state index in [1.54, 1.807) is 4.90 Å². The lowest BCUT2D eigenvalue weighted by molar-refractivity contribution is -0.135. The number of rotatable bonds is 3. The van der Waals surface area contributed by atoms with Crippen molar-refractivity contribution in [3.63, 3.8) is 0 Å². The Morgan fingerprint density at radius 3 is 2.55 bits per heavy atom. The van der Waals surface area contributed by atoms with Gasteiger partial charge >= 0.3 is 6.03 Å². The Balaban J connectivity index is 1.34. The van der Waals surface area contributed by atoms with Gasteiger partial charge in [-0.05, 0) is 47.4 Å². The van der Waals surface area contributed by atoms with Gasteiger partial charge in [0.1, 0.15) is 5.54 Å². The van der Waals surface area contributed by atoms with Gasteiger partial charge in [0.15, 0.2) is 0 Å². The Hall–Kier alpha value is -2.05. The summed E-state index contributed by atoms with van der Waals surface area (Å²) in [7, 11) is 1.81. The molecule has 29 heavy (non-hydrogen) atoms. The molecule has 1 spiro atoms. The number of piperidine rings is 1. The Morgan fingerprint density at radius 1 is 1.07 bits per heavy atom. The van der Waals surface area contributed by atoms with Crippen LogP contribution in [0.3, 0.4) is 0 Å². The van der Waals surface area contributed by atoms with Crippen molar-refractivity contribution in [1.29, 1.82) is 0 Å². The van der Waals surface area contributed by atoms with Gasteiger partial charge in [0.2, 0.25) is 0 Å². The molecule has 3 amide bonds. The minimum Gasteiger partial charge on any atom is -0.312 e. The quantitative estimate of drug-likeness (QED) is 0.727. The van der Waals surface area contributed by atoms with Crippen LogP contribution in [0.1, 0.15) is 24.8 Å². The molecule has 0 bridgehead atoms. The smallest absolute Gasteiger partial charge is 0.312 e.